The van der Waals surface area contributed by atoms with Crippen molar-refractivity contribution >= 4 is 0 Å². The molecular weight excluding hydrogens is 316 g/mol. The monoisotopic (exact) mass is 338 g/mol. The summed E-state index contributed by atoms with van der Waals surface area (Å²) in [6.45, 7) is 6.64. The molecule has 2 aromatic heterocycles. The molecule has 0 spiro atoms. The second-order valence-corrected chi connectivity index (χ2v) is 6.74. The minimum Gasteiger partial charge on any atom is -0.334 e. The number of nitrogens with zero attached hydrogens (tertiary/aromatic N) is 5. The third-order valence-corrected chi connectivity index (χ3v) is 4.62. The lowest BCUT2D eigenvalue weighted by molar-refractivity contribution is 0.190. The summed E-state index contributed by atoms with van der Waals surface area (Å²) in [6, 6.07) is 8.12. The van der Waals surface area contributed by atoms with Gasteiger partial charge in [0.25, 0.3) is 5.89 Å². The summed E-state index contributed by atoms with van der Waals surface area (Å²) in [5, 5.41) is 11.4. The number of rotatable bonds is 4. The van der Waals surface area contributed by atoms with Crippen LogP contribution >= 0.6 is 0 Å². The summed E-state index contributed by atoms with van der Waals surface area (Å²) in [5.74, 6) is 3.45. The van der Waals surface area contributed by atoms with Gasteiger partial charge in [-0.2, -0.15) is 10.1 Å². The SMILES string of the molecule is Cc1ccc(-c2nc(CN3CCCC(c4n[nH]c(C)n4)C3)no2)cc1. The fraction of sp³-hybridized carbons (Fsp3) is 0.444. The second-order valence-electron chi connectivity index (χ2n) is 6.74. The molecule has 25 heavy (non-hydrogen) atoms. The van der Waals surface area contributed by atoms with Gasteiger partial charge >= 0.3 is 0 Å². The Hall–Kier alpha value is -2.54. The predicted molar refractivity (Wildman–Crippen MR) is 92.8 cm³/mol. The number of hydrogen-bond acceptors (Lipinski definition) is 6. The summed E-state index contributed by atoms with van der Waals surface area (Å²) in [6.07, 6.45) is 2.25. The highest BCUT2D eigenvalue weighted by Gasteiger charge is 2.25. The predicted octanol–water partition coefficient (Wildman–Crippen LogP) is 2.85. The summed E-state index contributed by atoms with van der Waals surface area (Å²) in [5.41, 5.74) is 2.17. The molecule has 1 fully saturated rings. The molecule has 3 heterocycles. The fourth-order valence-electron chi connectivity index (χ4n) is 3.28. The molecule has 1 aromatic carbocycles. The number of likely N-dealkylation sites (tertiary alicyclic amines) is 1. The van der Waals surface area contributed by atoms with Crippen LogP contribution in [0.15, 0.2) is 28.8 Å². The zero-order valence-electron chi connectivity index (χ0n) is 14.6. The lowest BCUT2D eigenvalue weighted by Crippen LogP contribution is -2.34. The van der Waals surface area contributed by atoms with Crippen molar-refractivity contribution in [1.82, 2.24) is 30.2 Å². The molecule has 0 amide bonds. The number of aromatic nitrogens is 5. The van der Waals surface area contributed by atoms with Crippen LogP contribution in [-0.4, -0.2) is 43.3 Å². The van der Waals surface area contributed by atoms with E-state index >= 15 is 0 Å². The number of benzene rings is 1. The molecule has 130 valence electrons. The highest BCUT2D eigenvalue weighted by Crippen LogP contribution is 2.25. The fourth-order valence-corrected chi connectivity index (χ4v) is 3.28. The summed E-state index contributed by atoms with van der Waals surface area (Å²) >= 11 is 0. The molecule has 7 nitrogen and oxygen atoms in total. The van der Waals surface area contributed by atoms with E-state index in [4.69, 9.17) is 4.52 Å². The largest absolute Gasteiger partial charge is 0.334 e. The van der Waals surface area contributed by atoms with E-state index in [0.717, 1.165) is 49.0 Å². The maximum absolute atomic E-state index is 5.43. The van der Waals surface area contributed by atoms with Crippen molar-refractivity contribution in [3.8, 4) is 11.5 Å². The smallest absolute Gasteiger partial charge is 0.257 e. The molecule has 0 radical (unpaired) electrons. The van der Waals surface area contributed by atoms with Gasteiger partial charge < -0.3 is 4.52 Å². The molecule has 1 unspecified atom stereocenters. The molecule has 3 aromatic rings. The first-order valence-corrected chi connectivity index (χ1v) is 8.68. The van der Waals surface area contributed by atoms with Crippen LogP contribution in [0.5, 0.6) is 0 Å². The van der Waals surface area contributed by atoms with Gasteiger partial charge in [-0.15, -0.1) is 0 Å². The standard InChI is InChI=1S/C18H22N6O/c1-12-5-7-14(8-6-12)18-20-16(23-25-18)11-24-9-3-4-15(10-24)17-19-13(2)21-22-17/h5-8,15H,3-4,9-11H2,1-2H3,(H,19,21,22). The minimum absolute atomic E-state index is 0.363. The zero-order chi connectivity index (χ0) is 17.2. The summed E-state index contributed by atoms with van der Waals surface area (Å²) in [7, 11) is 0. The van der Waals surface area contributed by atoms with Gasteiger partial charge in [0, 0.05) is 18.0 Å². The Morgan fingerprint density at radius 1 is 1.20 bits per heavy atom. The number of aryl methyl sites for hydroxylation is 2. The topological polar surface area (TPSA) is 83.7 Å². The lowest BCUT2D eigenvalue weighted by atomic mass is 9.97. The minimum atomic E-state index is 0.363. The number of aromatic amines is 1. The normalized spacial score (nSPS) is 18.6. The van der Waals surface area contributed by atoms with E-state index in [1.165, 1.54) is 5.56 Å². The van der Waals surface area contributed by atoms with E-state index in [1.807, 2.05) is 31.2 Å². The van der Waals surface area contributed by atoms with Crippen molar-refractivity contribution in [1.29, 1.82) is 0 Å². The van der Waals surface area contributed by atoms with Crippen LogP contribution < -0.4 is 0 Å². The van der Waals surface area contributed by atoms with Gasteiger partial charge in [-0.3, -0.25) is 10.00 Å². The lowest BCUT2D eigenvalue weighted by Gasteiger charge is -2.30. The Morgan fingerprint density at radius 3 is 2.80 bits per heavy atom. The van der Waals surface area contributed by atoms with E-state index in [1.54, 1.807) is 0 Å². The molecular formula is C18H22N6O. The Balaban J connectivity index is 1.42. The Labute approximate surface area is 146 Å². The van der Waals surface area contributed by atoms with Crippen LogP contribution in [-0.2, 0) is 6.54 Å². The first-order chi connectivity index (χ1) is 12.2. The number of piperidine rings is 1. The van der Waals surface area contributed by atoms with E-state index in [2.05, 4.69) is 37.1 Å². The Bertz CT molecular complexity index is 837. The number of H-pyrrole nitrogens is 1. The molecule has 4 rings (SSSR count). The van der Waals surface area contributed by atoms with E-state index in [0.29, 0.717) is 18.4 Å². The molecule has 1 aliphatic heterocycles. The zero-order valence-corrected chi connectivity index (χ0v) is 14.6. The Morgan fingerprint density at radius 2 is 2.04 bits per heavy atom. The van der Waals surface area contributed by atoms with E-state index in [9.17, 15) is 0 Å². The molecule has 1 N–H and O–H groups in total. The average Bonchev–Trinajstić information content (AvgIpc) is 3.25. The molecule has 1 saturated heterocycles. The van der Waals surface area contributed by atoms with Gasteiger partial charge in [0.1, 0.15) is 5.82 Å². The van der Waals surface area contributed by atoms with Crippen molar-refractivity contribution in [3.63, 3.8) is 0 Å². The molecule has 0 bridgehead atoms. The molecule has 7 heteroatoms. The van der Waals surface area contributed by atoms with Gasteiger partial charge in [-0.05, 0) is 45.4 Å². The van der Waals surface area contributed by atoms with Crippen molar-refractivity contribution in [3.05, 3.63) is 47.3 Å². The van der Waals surface area contributed by atoms with E-state index < -0.39 is 0 Å². The van der Waals surface area contributed by atoms with Gasteiger partial charge in [0.15, 0.2) is 11.6 Å². The van der Waals surface area contributed by atoms with Crippen LogP contribution in [0.3, 0.4) is 0 Å². The third kappa shape index (κ3) is 3.61. The number of hydrogen-bond donors (Lipinski definition) is 1. The average molecular weight is 338 g/mol. The molecule has 0 aliphatic carbocycles. The van der Waals surface area contributed by atoms with Crippen molar-refractivity contribution in [2.75, 3.05) is 13.1 Å². The molecule has 0 saturated carbocycles. The van der Waals surface area contributed by atoms with Crippen LogP contribution in [0.2, 0.25) is 0 Å². The first kappa shape index (κ1) is 16.0. The van der Waals surface area contributed by atoms with Gasteiger partial charge in [-0.1, -0.05) is 22.9 Å². The summed E-state index contributed by atoms with van der Waals surface area (Å²) < 4.78 is 5.43. The van der Waals surface area contributed by atoms with Crippen LogP contribution in [0.25, 0.3) is 11.5 Å². The van der Waals surface area contributed by atoms with Crippen LogP contribution in [0.1, 0.15) is 41.8 Å². The van der Waals surface area contributed by atoms with Crippen molar-refractivity contribution < 1.29 is 4.52 Å². The number of nitrogens with one attached hydrogen (secondary N) is 1. The summed E-state index contributed by atoms with van der Waals surface area (Å²) in [4.78, 5) is 11.4. The quantitative estimate of drug-likeness (QED) is 0.787. The highest BCUT2D eigenvalue weighted by molar-refractivity contribution is 5.53. The Kier molecular flexibility index (Phi) is 4.31. The van der Waals surface area contributed by atoms with Gasteiger partial charge in [0.2, 0.25) is 0 Å². The maximum Gasteiger partial charge on any atom is 0.257 e. The van der Waals surface area contributed by atoms with Crippen LogP contribution in [0.4, 0.5) is 0 Å². The van der Waals surface area contributed by atoms with Gasteiger partial charge in [0.05, 0.1) is 6.54 Å². The third-order valence-electron chi connectivity index (χ3n) is 4.62. The molecule has 1 aliphatic rings. The van der Waals surface area contributed by atoms with Crippen molar-refractivity contribution in [2.45, 2.75) is 39.2 Å². The van der Waals surface area contributed by atoms with Crippen LogP contribution in [0, 0.1) is 13.8 Å². The van der Waals surface area contributed by atoms with E-state index in [-0.39, 0.29) is 0 Å². The van der Waals surface area contributed by atoms with Gasteiger partial charge in [-0.25, -0.2) is 4.98 Å². The first-order valence-electron chi connectivity index (χ1n) is 8.68. The molecule has 1 atom stereocenters. The maximum atomic E-state index is 5.43. The highest BCUT2D eigenvalue weighted by atomic mass is 16.5. The van der Waals surface area contributed by atoms with Crippen molar-refractivity contribution in [2.24, 2.45) is 0 Å². The second kappa shape index (κ2) is 6.76.